The first-order valence-electron chi connectivity index (χ1n) is 8.09. The largest absolute Gasteiger partial charge is 0.481 e. The number of para-hydroxylation sites is 1. The molecular formula is C19H23NO4. The molecule has 2 aromatic rings. The fraction of sp³-hybridized carbons (Fsp3) is 0.368. The number of furan rings is 1. The van der Waals surface area contributed by atoms with Crippen LogP contribution in [0.5, 0.6) is 0 Å². The molecule has 0 radical (unpaired) electrons. The molecule has 0 fully saturated rings. The number of rotatable bonds is 8. The predicted octanol–water partition coefficient (Wildman–Crippen LogP) is 3.95. The van der Waals surface area contributed by atoms with Crippen LogP contribution in [-0.2, 0) is 16.0 Å². The first kappa shape index (κ1) is 17.8. The van der Waals surface area contributed by atoms with Crippen LogP contribution in [0.15, 0.2) is 40.8 Å². The third-order valence-corrected chi connectivity index (χ3v) is 3.98. The first-order valence-corrected chi connectivity index (χ1v) is 8.09. The van der Waals surface area contributed by atoms with Gasteiger partial charge in [-0.2, -0.15) is 0 Å². The molecule has 2 N–H and O–H groups in total. The Morgan fingerprint density at radius 3 is 2.50 bits per heavy atom. The van der Waals surface area contributed by atoms with Crippen LogP contribution in [0.25, 0.3) is 0 Å². The van der Waals surface area contributed by atoms with E-state index in [1.807, 2.05) is 38.1 Å². The van der Waals surface area contributed by atoms with Crippen LogP contribution in [0, 0.1) is 19.8 Å². The highest BCUT2D eigenvalue weighted by molar-refractivity contribution is 5.93. The molecule has 5 heteroatoms. The van der Waals surface area contributed by atoms with Gasteiger partial charge in [0.05, 0.1) is 5.92 Å². The van der Waals surface area contributed by atoms with Crippen LogP contribution >= 0.6 is 0 Å². The van der Waals surface area contributed by atoms with E-state index in [-0.39, 0.29) is 12.3 Å². The van der Waals surface area contributed by atoms with Crippen LogP contribution in [0.3, 0.4) is 0 Å². The molecule has 5 nitrogen and oxygen atoms in total. The molecule has 1 aromatic carbocycles. The van der Waals surface area contributed by atoms with Gasteiger partial charge in [-0.25, -0.2) is 0 Å². The molecule has 0 aliphatic rings. The van der Waals surface area contributed by atoms with Crippen molar-refractivity contribution in [1.82, 2.24) is 0 Å². The average Bonchev–Trinajstić information content (AvgIpc) is 2.85. The molecule has 0 bridgehead atoms. The highest BCUT2D eigenvalue weighted by Crippen LogP contribution is 2.20. The van der Waals surface area contributed by atoms with E-state index in [2.05, 4.69) is 5.32 Å². The highest BCUT2D eigenvalue weighted by Gasteiger charge is 2.21. The number of carboxylic acid groups (broad SMARTS) is 1. The molecule has 0 aliphatic heterocycles. The van der Waals surface area contributed by atoms with Crippen LogP contribution in [0.1, 0.15) is 36.3 Å². The van der Waals surface area contributed by atoms with Gasteiger partial charge in [0, 0.05) is 12.1 Å². The Kier molecular flexibility index (Phi) is 6.18. The number of amides is 1. The second kappa shape index (κ2) is 8.34. The van der Waals surface area contributed by atoms with Gasteiger partial charge in [0.25, 0.3) is 0 Å². The number of anilines is 1. The highest BCUT2D eigenvalue weighted by atomic mass is 16.4. The number of hydrogen-bond acceptors (Lipinski definition) is 3. The van der Waals surface area contributed by atoms with Crippen LogP contribution in [0.4, 0.5) is 5.69 Å². The Labute approximate surface area is 141 Å². The lowest BCUT2D eigenvalue weighted by Gasteiger charge is -2.12. The summed E-state index contributed by atoms with van der Waals surface area (Å²) < 4.78 is 5.47. The molecule has 0 saturated heterocycles. The maximum absolute atomic E-state index is 12.0. The zero-order valence-corrected chi connectivity index (χ0v) is 14.0. The third-order valence-electron chi connectivity index (χ3n) is 3.98. The van der Waals surface area contributed by atoms with Gasteiger partial charge < -0.3 is 14.8 Å². The van der Waals surface area contributed by atoms with Gasteiger partial charge in [0.15, 0.2) is 0 Å². The number of benzene rings is 1. The molecule has 0 spiro atoms. The summed E-state index contributed by atoms with van der Waals surface area (Å²) in [6.07, 6.45) is 1.90. The van der Waals surface area contributed by atoms with E-state index >= 15 is 0 Å². The summed E-state index contributed by atoms with van der Waals surface area (Å²) in [6, 6.07) is 11.0. The summed E-state index contributed by atoms with van der Waals surface area (Å²) in [5, 5.41) is 12.1. The summed E-state index contributed by atoms with van der Waals surface area (Å²) in [5.41, 5.74) is 1.78. The minimum absolute atomic E-state index is 0.0202. The van der Waals surface area contributed by atoms with Crippen molar-refractivity contribution in [2.45, 2.75) is 39.5 Å². The van der Waals surface area contributed by atoms with Gasteiger partial charge in [0.2, 0.25) is 5.91 Å². The Morgan fingerprint density at radius 2 is 1.92 bits per heavy atom. The topological polar surface area (TPSA) is 79.5 Å². The van der Waals surface area contributed by atoms with Gasteiger partial charge in [-0.1, -0.05) is 18.2 Å². The average molecular weight is 329 g/mol. The van der Waals surface area contributed by atoms with Crippen molar-refractivity contribution >= 4 is 17.6 Å². The minimum atomic E-state index is -0.932. The molecule has 24 heavy (non-hydrogen) atoms. The Balaban J connectivity index is 1.84. The van der Waals surface area contributed by atoms with E-state index < -0.39 is 11.9 Å². The number of aryl methyl sites for hydroxylation is 3. The minimum Gasteiger partial charge on any atom is -0.481 e. The molecule has 1 aromatic heterocycles. The van der Waals surface area contributed by atoms with E-state index in [0.717, 1.165) is 23.5 Å². The van der Waals surface area contributed by atoms with E-state index in [4.69, 9.17) is 4.42 Å². The van der Waals surface area contributed by atoms with Crippen molar-refractivity contribution in [2.24, 2.45) is 5.92 Å². The number of hydrogen-bond donors (Lipinski definition) is 2. The predicted molar refractivity (Wildman–Crippen MR) is 91.9 cm³/mol. The molecule has 0 saturated carbocycles. The lowest BCUT2D eigenvalue weighted by Crippen LogP contribution is -2.22. The maximum atomic E-state index is 12.0. The second-order valence-electron chi connectivity index (χ2n) is 5.98. The van der Waals surface area contributed by atoms with Crippen molar-refractivity contribution in [3.05, 3.63) is 53.5 Å². The number of nitrogens with one attached hydrogen (secondary N) is 1. The zero-order valence-electron chi connectivity index (χ0n) is 14.0. The van der Waals surface area contributed by atoms with Gasteiger partial charge in [-0.3, -0.25) is 9.59 Å². The van der Waals surface area contributed by atoms with Crippen molar-refractivity contribution in [2.75, 3.05) is 5.32 Å². The SMILES string of the molecule is Cc1cc(CCCC(CC(=O)Nc2ccccc2)C(=O)O)c(C)o1. The number of carboxylic acids is 1. The zero-order chi connectivity index (χ0) is 17.5. The summed E-state index contributed by atoms with van der Waals surface area (Å²) in [4.78, 5) is 23.4. The smallest absolute Gasteiger partial charge is 0.307 e. The molecule has 1 heterocycles. The molecule has 0 aliphatic carbocycles. The van der Waals surface area contributed by atoms with Crippen LogP contribution in [-0.4, -0.2) is 17.0 Å². The third kappa shape index (κ3) is 5.26. The van der Waals surface area contributed by atoms with Gasteiger partial charge in [-0.15, -0.1) is 0 Å². The first-order chi connectivity index (χ1) is 11.5. The monoisotopic (exact) mass is 329 g/mol. The summed E-state index contributed by atoms with van der Waals surface area (Å²) in [5.74, 6) is -0.148. The fourth-order valence-corrected chi connectivity index (χ4v) is 2.74. The molecule has 1 atom stereocenters. The number of carbonyl (C=O) groups is 2. The summed E-state index contributed by atoms with van der Waals surface area (Å²) in [7, 11) is 0. The van der Waals surface area contributed by atoms with Gasteiger partial charge >= 0.3 is 5.97 Å². The van der Waals surface area contributed by atoms with Crippen molar-refractivity contribution in [3.63, 3.8) is 0 Å². The normalized spacial score (nSPS) is 11.9. The molecule has 1 unspecified atom stereocenters. The summed E-state index contributed by atoms with van der Waals surface area (Å²) in [6.45, 7) is 3.80. The molecule has 1 amide bonds. The second-order valence-corrected chi connectivity index (χ2v) is 5.98. The lowest BCUT2D eigenvalue weighted by atomic mass is 9.96. The Hall–Kier alpha value is -2.56. The standard InChI is InChI=1S/C19H23NO4/c1-13-11-15(14(2)24-13)7-6-8-16(19(22)23)12-18(21)20-17-9-4-3-5-10-17/h3-5,9-11,16H,6-8,12H2,1-2H3,(H,20,21)(H,22,23). The maximum Gasteiger partial charge on any atom is 0.307 e. The lowest BCUT2D eigenvalue weighted by molar-refractivity contribution is -0.143. The van der Waals surface area contributed by atoms with Crippen molar-refractivity contribution in [3.8, 4) is 0 Å². The summed E-state index contributed by atoms with van der Waals surface area (Å²) >= 11 is 0. The Morgan fingerprint density at radius 1 is 1.21 bits per heavy atom. The van der Waals surface area contributed by atoms with Crippen molar-refractivity contribution in [1.29, 1.82) is 0 Å². The number of aliphatic carboxylic acids is 1. The molecular weight excluding hydrogens is 306 g/mol. The van der Waals surface area contributed by atoms with E-state index in [0.29, 0.717) is 18.5 Å². The van der Waals surface area contributed by atoms with Crippen LogP contribution in [0.2, 0.25) is 0 Å². The molecule has 128 valence electrons. The Bertz CT molecular complexity index is 691. The van der Waals surface area contributed by atoms with E-state index in [1.54, 1.807) is 12.1 Å². The fourth-order valence-electron chi connectivity index (χ4n) is 2.74. The van der Waals surface area contributed by atoms with Gasteiger partial charge in [-0.05, 0) is 56.9 Å². The van der Waals surface area contributed by atoms with E-state index in [9.17, 15) is 14.7 Å². The molecule has 2 rings (SSSR count). The quantitative estimate of drug-likeness (QED) is 0.768. The van der Waals surface area contributed by atoms with E-state index in [1.165, 1.54) is 0 Å². The van der Waals surface area contributed by atoms with Crippen molar-refractivity contribution < 1.29 is 19.1 Å². The van der Waals surface area contributed by atoms with Crippen LogP contribution < -0.4 is 5.32 Å². The number of carbonyl (C=O) groups excluding carboxylic acids is 1. The van der Waals surface area contributed by atoms with Gasteiger partial charge in [0.1, 0.15) is 11.5 Å².